The highest BCUT2D eigenvalue weighted by atomic mass is 19.1. The third-order valence-corrected chi connectivity index (χ3v) is 2.87. The van der Waals surface area contributed by atoms with Crippen molar-refractivity contribution in [3.05, 3.63) is 64.0 Å². The fraction of sp³-hybridized carbons (Fsp3) is 0.133. The zero-order chi connectivity index (χ0) is 16.1. The Morgan fingerprint density at radius 2 is 2.05 bits per heavy atom. The summed E-state index contributed by atoms with van der Waals surface area (Å²) in [7, 11) is 1.47. The van der Waals surface area contributed by atoms with Crippen LogP contribution in [0.2, 0.25) is 0 Å². The number of nitro groups is 1. The Balaban J connectivity index is 2.14. The van der Waals surface area contributed by atoms with Crippen LogP contribution < -0.4 is 9.47 Å². The average Bonchev–Trinajstić information content (AvgIpc) is 2.52. The first-order valence-corrected chi connectivity index (χ1v) is 6.25. The van der Waals surface area contributed by atoms with Crippen molar-refractivity contribution in [2.45, 2.75) is 0 Å². The normalized spacial score (nSPS) is 10.1. The number of nitro benzene ring substituents is 1. The van der Waals surface area contributed by atoms with E-state index >= 15 is 0 Å². The van der Waals surface area contributed by atoms with Crippen LogP contribution in [0.4, 0.5) is 10.1 Å². The lowest BCUT2D eigenvalue weighted by Gasteiger charge is -2.07. The third kappa shape index (κ3) is 3.57. The minimum Gasteiger partial charge on any atom is -0.497 e. The van der Waals surface area contributed by atoms with Gasteiger partial charge in [0.05, 0.1) is 12.0 Å². The molecule has 0 aliphatic heterocycles. The standard InChI is InChI=1S/C15H12FNO5/c1-21-12-4-2-3-10(7-12)14(18)9-22-15-8-11(16)5-6-13(15)17(19)20/h2-8H,9H2,1H3. The number of methoxy groups -OCH3 is 1. The SMILES string of the molecule is COc1cccc(C(=O)COc2cc(F)ccc2[N+](=O)[O-])c1. The maximum Gasteiger partial charge on any atom is 0.311 e. The Hall–Kier alpha value is -2.96. The summed E-state index contributed by atoms with van der Waals surface area (Å²) in [6, 6.07) is 9.21. The van der Waals surface area contributed by atoms with Gasteiger partial charge < -0.3 is 9.47 Å². The van der Waals surface area contributed by atoms with Gasteiger partial charge in [-0.3, -0.25) is 14.9 Å². The summed E-state index contributed by atoms with van der Waals surface area (Å²) in [4.78, 5) is 22.1. The molecule has 0 N–H and O–H groups in total. The van der Waals surface area contributed by atoms with Gasteiger partial charge >= 0.3 is 5.69 Å². The Morgan fingerprint density at radius 3 is 2.73 bits per heavy atom. The number of Topliss-reactive ketones (excluding diaryl/α,β-unsaturated/α-hetero) is 1. The van der Waals surface area contributed by atoms with Crippen molar-refractivity contribution in [3.8, 4) is 11.5 Å². The van der Waals surface area contributed by atoms with Gasteiger partial charge in [0.1, 0.15) is 11.6 Å². The molecule has 0 aliphatic carbocycles. The highest BCUT2D eigenvalue weighted by molar-refractivity contribution is 5.97. The van der Waals surface area contributed by atoms with E-state index in [9.17, 15) is 19.3 Å². The van der Waals surface area contributed by atoms with Gasteiger partial charge in [-0.1, -0.05) is 12.1 Å². The topological polar surface area (TPSA) is 78.7 Å². The lowest BCUT2D eigenvalue weighted by molar-refractivity contribution is -0.385. The molecule has 0 saturated heterocycles. The van der Waals surface area contributed by atoms with Crippen LogP contribution in [0.25, 0.3) is 0 Å². The second kappa shape index (κ2) is 6.66. The number of ketones is 1. The maximum atomic E-state index is 13.2. The van der Waals surface area contributed by atoms with Gasteiger partial charge in [-0.25, -0.2) is 4.39 Å². The first-order chi connectivity index (χ1) is 10.5. The molecule has 0 amide bonds. The molecule has 0 saturated carbocycles. The Bertz CT molecular complexity index is 717. The van der Waals surface area contributed by atoms with Crippen LogP contribution in [-0.2, 0) is 0 Å². The number of hydrogen-bond acceptors (Lipinski definition) is 5. The van der Waals surface area contributed by atoms with E-state index in [1.807, 2.05) is 0 Å². The first kappa shape index (κ1) is 15.4. The molecule has 0 aromatic heterocycles. The van der Waals surface area contributed by atoms with E-state index in [-0.39, 0.29) is 5.75 Å². The number of rotatable bonds is 6. The summed E-state index contributed by atoms with van der Waals surface area (Å²) < 4.78 is 23.3. The fourth-order valence-electron chi connectivity index (χ4n) is 1.78. The summed E-state index contributed by atoms with van der Waals surface area (Å²) in [6.07, 6.45) is 0. The van der Waals surface area contributed by atoms with E-state index in [1.165, 1.54) is 13.2 Å². The van der Waals surface area contributed by atoms with Crippen molar-refractivity contribution < 1.29 is 23.6 Å². The lowest BCUT2D eigenvalue weighted by atomic mass is 10.1. The Morgan fingerprint density at radius 1 is 1.27 bits per heavy atom. The minimum atomic E-state index is -0.704. The number of hydrogen-bond donors (Lipinski definition) is 0. The van der Waals surface area contributed by atoms with Gasteiger partial charge in [0.2, 0.25) is 0 Å². The molecule has 0 fully saturated rings. The molecular weight excluding hydrogens is 293 g/mol. The predicted octanol–water partition coefficient (Wildman–Crippen LogP) is 3.00. The van der Waals surface area contributed by atoms with Gasteiger partial charge in [-0.2, -0.15) is 0 Å². The molecule has 2 aromatic carbocycles. The van der Waals surface area contributed by atoms with Gasteiger partial charge in [0.25, 0.3) is 0 Å². The molecule has 114 valence electrons. The molecule has 2 aromatic rings. The number of nitrogens with zero attached hydrogens (tertiary/aromatic N) is 1. The van der Waals surface area contributed by atoms with Crippen molar-refractivity contribution in [2.75, 3.05) is 13.7 Å². The lowest BCUT2D eigenvalue weighted by Crippen LogP contribution is -2.12. The zero-order valence-corrected chi connectivity index (χ0v) is 11.6. The summed E-state index contributed by atoms with van der Waals surface area (Å²) >= 11 is 0. The first-order valence-electron chi connectivity index (χ1n) is 6.25. The van der Waals surface area contributed by atoms with Crippen molar-refractivity contribution >= 4 is 11.5 Å². The molecule has 0 spiro atoms. The summed E-state index contributed by atoms with van der Waals surface area (Å²) in [5.74, 6) is -0.879. The average molecular weight is 305 g/mol. The van der Waals surface area contributed by atoms with Crippen LogP contribution in [0, 0.1) is 15.9 Å². The number of ether oxygens (including phenoxy) is 2. The van der Waals surface area contributed by atoms with Crippen LogP contribution in [0.1, 0.15) is 10.4 Å². The molecule has 22 heavy (non-hydrogen) atoms. The van der Waals surface area contributed by atoms with E-state index < -0.39 is 28.8 Å². The number of carbonyl (C=O) groups is 1. The van der Waals surface area contributed by atoms with Gasteiger partial charge in [-0.05, 0) is 18.2 Å². The van der Waals surface area contributed by atoms with Crippen LogP contribution in [0.3, 0.4) is 0 Å². The third-order valence-electron chi connectivity index (χ3n) is 2.87. The van der Waals surface area contributed by atoms with E-state index in [2.05, 4.69) is 0 Å². The summed E-state index contributed by atoms with van der Waals surface area (Å²) in [5.41, 5.74) is -0.0711. The molecule has 0 radical (unpaired) electrons. The minimum absolute atomic E-state index is 0.291. The molecule has 0 aliphatic rings. The molecule has 0 unspecified atom stereocenters. The van der Waals surface area contributed by atoms with Gasteiger partial charge in [-0.15, -0.1) is 0 Å². The molecule has 7 heteroatoms. The second-order valence-electron chi connectivity index (χ2n) is 4.31. The number of benzene rings is 2. The summed E-state index contributed by atoms with van der Waals surface area (Å²) in [6.45, 7) is -0.447. The quantitative estimate of drug-likeness (QED) is 0.465. The zero-order valence-electron chi connectivity index (χ0n) is 11.6. The molecule has 2 rings (SSSR count). The molecule has 0 bridgehead atoms. The van der Waals surface area contributed by atoms with Crippen LogP contribution in [0.5, 0.6) is 11.5 Å². The van der Waals surface area contributed by atoms with Crippen LogP contribution in [0.15, 0.2) is 42.5 Å². The Labute approximate surface area is 125 Å². The van der Waals surface area contributed by atoms with E-state index in [0.29, 0.717) is 11.3 Å². The predicted molar refractivity (Wildman–Crippen MR) is 75.9 cm³/mol. The molecule has 0 heterocycles. The van der Waals surface area contributed by atoms with Crippen molar-refractivity contribution in [3.63, 3.8) is 0 Å². The van der Waals surface area contributed by atoms with E-state index in [0.717, 1.165) is 18.2 Å². The maximum absolute atomic E-state index is 13.2. The molecule has 6 nitrogen and oxygen atoms in total. The van der Waals surface area contributed by atoms with Crippen molar-refractivity contribution in [1.82, 2.24) is 0 Å². The van der Waals surface area contributed by atoms with Gasteiger partial charge in [0.15, 0.2) is 18.1 Å². The molecular formula is C15H12FNO5. The summed E-state index contributed by atoms with van der Waals surface area (Å²) in [5, 5.41) is 10.8. The smallest absolute Gasteiger partial charge is 0.311 e. The fourth-order valence-corrected chi connectivity index (χ4v) is 1.78. The van der Waals surface area contributed by atoms with Gasteiger partial charge in [0, 0.05) is 17.7 Å². The number of halogens is 1. The molecule has 0 atom stereocenters. The van der Waals surface area contributed by atoms with Crippen LogP contribution >= 0.6 is 0 Å². The second-order valence-corrected chi connectivity index (χ2v) is 4.31. The van der Waals surface area contributed by atoms with Crippen LogP contribution in [-0.4, -0.2) is 24.4 Å². The highest BCUT2D eigenvalue weighted by Crippen LogP contribution is 2.27. The largest absolute Gasteiger partial charge is 0.497 e. The van der Waals surface area contributed by atoms with Crippen molar-refractivity contribution in [2.24, 2.45) is 0 Å². The Kier molecular flexibility index (Phi) is 4.67. The van der Waals surface area contributed by atoms with Crippen molar-refractivity contribution in [1.29, 1.82) is 0 Å². The van der Waals surface area contributed by atoms with E-state index in [4.69, 9.17) is 9.47 Å². The highest BCUT2D eigenvalue weighted by Gasteiger charge is 2.17. The van der Waals surface area contributed by atoms with E-state index in [1.54, 1.807) is 18.2 Å². The number of carbonyl (C=O) groups excluding carboxylic acids is 1. The monoisotopic (exact) mass is 305 g/mol.